The summed E-state index contributed by atoms with van der Waals surface area (Å²) in [5.41, 5.74) is 4.39. The quantitative estimate of drug-likeness (QED) is 0.740. The molecule has 94 valence electrons. The molecule has 2 aromatic rings. The number of Topliss-reactive ketones (excluding diaryl/α,β-unsaturated/α-hetero) is 1. The Hall–Kier alpha value is -1.12. The lowest BCUT2D eigenvalue weighted by atomic mass is 10.0. The highest BCUT2D eigenvalue weighted by Gasteiger charge is 2.15. The predicted molar refractivity (Wildman–Crippen MR) is 78.0 cm³/mol. The van der Waals surface area contributed by atoms with Crippen LogP contribution >= 0.6 is 22.9 Å². The molecule has 1 nitrogen and oxygen atoms in total. The monoisotopic (exact) mass is 278 g/mol. The van der Waals surface area contributed by atoms with Gasteiger partial charge in [-0.3, -0.25) is 4.79 Å². The van der Waals surface area contributed by atoms with Crippen LogP contribution in [0.4, 0.5) is 0 Å². The first-order valence-corrected chi connectivity index (χ1v) is 7.07. The van der Waals surface area contributed by atoms with Crippen LogP contribution in [0.2, 0.25) is 5.02 Å². The molecule has 0 N–H and O–H groups in total. The van der Waals surface area contributed by atoms with Gasteiger partial charge in [-0.1, -0.05) is 35.4 Å². The molecule has 0 amide bonds. The number of thiophene rings is 1. The number of rotatable bonds is 3. The predicted octanol–water partition coefficient (Wildman–Crippen LogP) is 4.75. The summed E-state index contributed by atoms with van der Waals surface area (Å²) in [6.45, 7) is 5.99. The first-order chi connectivity index (χ1) is 8.49. The van der Waals surface area contributed by atoms with Crippen LogP contribution in [-0.2, 0) is 6.42 Å². The Kier molecular flexibility index (Phi) is 3.88. The molecule has 0 unspecified atom stereocenters. The highest BCUT2D eigenvalue weighted by molar-refractivity contribution is 7.13. The Morgan fingerprint density at radius 2 is 1.94 bits per heavy atom. The van der Waals surface area contributed by atoms with E-state index in [2.05, 4.69) is 18.2 Å². The molecule has 0 aliphatic rings. The van der Waals surface area contributed by atoms with Crippen molar-refractivity contribution >= 4 is 28.7 Å². The highest BCUT2D eigenvalue weighted by atomic mass is 35.5. The Morgan fingerprint density at radius 3 is 2.56 bits per heavy atom. The first-order valence-electron chi connectivity index (χ1n) is 5.82. The second-order valence-corrected chi connectivity index (χ2v) is 5.85. The minimum Gasteiger partial charge on any atom is -0.293 e. The Balaban J connectivity index is 2.27. The van der Waals surface area contributed by atoms with E-state index in [1.165, 1.54) is 16.9 Å². The van der Waals surface area contributed by atoms with Crippen molar-refractivity contribution in [2.24, 2.45) is 0 Å². The second kappa shape index (κ2) is 5.25. The summed E-state index contributed by atoms with van der Waals surface area (Å²) in [6.07, 6.45) is 0.424. The number of benzene rings is 1. The van der Waals surface area contributed by atoms with Gasteiger partial charge < -0.3 is 0 Å². The fourth-order valence-electron chi connectivity index (χ4n) is 1.86. The van der Waals surface area contributed by atoms with Crippen molar-refractivity contribution < 1.29 is 4.79 Å². The third kappa shape index (κ3) is 2.65. The SMILES string of the molecule is Cc1ccc(C)c(CC(=O)c2scc(C)c2Cl)c1. The van der Waals surface area contributed by atoms with Crippen LogP contribution in [0.1, 0.15) is 31.9 Å². The van der Waals surface area contributed by atoms with E-state index in [9.17, 15) is 4.79 Å². The second-order valence-electron chi connectivity index (χ2n) is 4.59. The number of hydrogen-bond acceptors (Lipinski definition) is 2. The summed E-state index contributed by atoms with van der Waals surface area (Å²) in [6, 6.07) is 6.19. The fourth-order valence-corrected chi connectivity index (χ4v) is 3.10. The van der Waals surface area contributed by atoms with Crippen LogP contribution in [-0.4, -0.2) is 5.78 Å². The molecule has 2 rings (SSSR count). The van der Waals surface area contributed by atoms with Gasteiger partial charge in [0.25, 0.3) is 0 Å². The molecular weight excluding hydrogens is 264 g/mol. The van der Waals surface area contributed by atoms with E-state index in [-0.39, 0.29) is 5.78 Å². The first kappa shape index (κ1) is 13.3. The van der Waals surface area contributed by atoms with Gasteiger partial charge in [-0.2, -0.15) is 0 Å². The Morgan fingerprint density at radius 1 is 1.22 bits per heavy atom. The summed E-state index contributed by atoms with van der Waals surface area (Å²) in [5.74, 6) is 0.104. The third-order valence-corrected chi connectivity index (χ3v) is 4.75. The van der Waals surface area contributed by atoms with Gasteiger partial charge in [0.15, 0.2) is 5.78 Å². The summed E-state index contributed by atoms with van der Waals surface area (Å²) < 4.78 is 0. The number of ketones is 1. The summed E-state index contributed by atoms with van der Waals surface area (Å²) in [4.78, 5) is 12.9. The summed E-state index contributed by atoms with van der Waals surface area (Å²) in [5, 5.41) is 2.54. The molecule has 0 aliphatic carbocycles. The average Bonchev–Trinajstić information content (AvgIpc) is 2.65. The van der Waals surface area contributed by atoms with Crippen molar-refractivity contribution in [3.8, 4) is 0 Å². The molecule has 0 bridgehead atoms. The maximum atomic E-state index is 12.2. The van der Waals surface area contributed by atoms with Gasteiger partial charge in [-0.15, -0.1) is 11.3 Å². The maximum absolute atomic E-state index is 12.2. The van der Waals surface area contributed by atoms with E-state index in [0.717, 1.165) is 16.7 Å². The lowest BCUT2D eigenvalue weighted by Crippen LogP contribution is -2.04. The molecule has 1 aromatic carbocycles. The average molecular weight is 279 g/mol. The number of carbonyl (C=O) groups is 1. The number of aryl methyl sites for hydroxylation is 3. The number of carbonyl (C=O) groups excluding carboxylic acids is 1. The molecule has 1 aromatic heterocycles. The molecule has 1 heterocycles. The zero-order valence-electron chi connectivity index (χ0n) is 10.7. The molecule has 0 spiro atoms. The van der Waals surface area contributed by atoms with Crippen LogP contribution in [0.25, 0.3) is 0 Å². The normalized spacial score (nSPS) is 10.7. The van der Waals surface area contributed by atoms with Crippen molar-refractivity contribution in [2.45, 2.75) is 27.2 Å². The highest BCUT2D eigenvalue weighted by Crippen LogP contribution is 2.28. The van der Waals surface area contributed by atoms with Crippen molar-refractivity contribution in [3.63, 3.8) is 0 Å². The van der Waals surface area contributed by atoms with Gasteiger partial charge >= 0.3 is 0 Å². The molecule has 0 saturated heterocycles. The molecule has 0 aliphatic heterocycles. The fraction of sp³-hybridized carbons (Fsp3) is 0.267. The Bertz CT molecular complexity index is 599. The van der Waals surface area contributed by atoms with E-state index in [1.54, 1.807) is 0 Å². The zero-order chi connectivity index (χ0) is 13.3. The van der Waals surface area contributed by atoms with Gasteiger partial charge in [0.2, 0.25) is 0 Å². The topological polar surface area (TPSA) is 17.1 Å². The van der Waals surface area contributed by atoms with Crippen molar-refractivity contribution in [1.82, 2.24) is 0 Å². The lowest BCUT2D eigenvalue weighted by molar-refractivity contribution is 0.0996. The Labute approximate surface area is 116 Å². The zero-order valence-corrected chi connectivity index (χ0v) is 12.3. The van der Waals surface area contributed by atoms with Crippen molar-refractivity contribution in [1.29, 1.82) is 0 Å². The van der Waals surface area contributed by atoms with E-state index < -0.39 is 0 Å². The van der Waals surface area contributed by atoms with Crippen molar-refractivity contribution in [2.75, 3.05) is 0 Å². The largest absolute Gasteiger partial charge is 0.293 e. The molecule has 0 radical (unpaired) electrons. The molecule has 0 fully saturated rings. The van der Waals surface area contributed by atoms with E-state index >= 15 is 0 Å². The third-order valence-electron chi connectivity index (χ3n) is 3.01. The van der Waals surface area contributed by atoms with Gasteiger partial charge in [-0.05, 0) is 42.8 Å². The van der Waals surface area contributed by atoms with Crippen LogP contribution in [0, 0.1) is 20.8 Å². The van der Waals surface area contributed by atoms with Crippen LogP contribution in [0.3, 0.4) is 0 Å². The van der Waals surface area contributed by atoms with Crippen LogP contribution in [0.5, 0.6) is 0 Å². The van der Waals surface area contributed by atoms with Gasteiger partial charge in [0, 0.05) is 6.42 Å². The molecule has 0 saturated carbocycles. The minimum absolute atomic E-state index is 0.104. The minimum atomic E-state index is 0.104. The van der Waals surface area contributed by atoms with Gasteiger partial charge in [0.05, 0.1) is 9.90 Å². The summed E-state index contributed by atoms with van der Waals surface area (Å²) >= 11 is 7.56. The molecule has 18 heavy (non-hydrogen) atoms. The lowest BCUT2D eigenvalue weighted by Gasteiger charge is -2.06. The van der Waals surface area contributed by atoms with Crippen LogP contribution in [0.15, 0.2) is 23.6 Å². The van der Waals surface area contributed by atoms with Crippen molar-refractivity contribution in [3.05, 3.63) is 55.7 Å². The van der Waals surface area contributed by atoms with Crippen LogP contribution < -0.4 is 0 Å². The van der Waals surface area contributed by atoms with E-state index in [4.69, 9.17) is 11.6 Å². The van der Waals surface area contributed by atoms with E-state index in [0.29, 0.717) is 16.3 Å². The maximum Gasteiger partial charge on any atom is 0.178 e. The molecule has 3 heteroatoms. The number of halogens is 1. The molecule has 0 atom stereocenters. The smallest absolute Gasteiger partial charge is 0.178 e. The van der Waals surface area contributed by atoms with E-state index in [1.807, 2.05) is 26.2 Å². The molecular formula is C15H15ClOS. The number of hydrogen-bond donors (Lipinski definition) is 0. The standard InChI is InChI=1S/C15H15ClOS/c1-9-4-5-10(2)12(6-9)7-13(17)15-14(16)11(3)8-18-15/h4-6,8H,7H2,1-3H3. The van der Waals surface area contributed by atoms with Gasteiger partial charge in [0.1, 0.15) is 0 Å². The summed E-state index contributed by atoms with van der Waals surface area (Å²) in [7, 11) is 0. The van der Waals surface area contributed by atoms with Gasteiger partial charge in [-0.25, -0.2) is 0 Å².